The Labute approximate surface area is 172 Å². The zero-order valence-corrected chi connectivity index (χ0v) is 16.8. The van der Waals surface area contributed by atoms with Crippen LogP contribution in [0, 0.1) is 0 Å². The molecule has 0 saturated carbocycles. The van der Waals surface area contributed by atoms with Crippen LogP contribution in [0.4, 0.5) is 24.3 Å². The van der Waals surface area contributed by atoms with Gasteiger partial charge in [-0.25, -0.2) is 15.0 Å². The van der Waals surface area contributed by atoms with Crippen molar-refractivity contribution in [2.24, 2.45) is 7.05 Å². The summed E-state index contributed by atoms with van der Waals surface area (Å²) in [7, 11) is 1.76. The van der Waals surface area contributed by atoms with Gasteiger partial charge in [0.25, 0.3) is 0 Å². The van der Waals surface area contributed by atoms with Crippen LogP contribution in [0.3, 0.4) is 0 Å². The normalized spacial score (nSPS) is 11.9. The molecule has 11 heteroatoms. The molecular weight excluding hydrogens is 419 g/mol. The standard InChI is InChI=1S/C19H16F3N5O2S/c1-3-4-14(28)10-7-13-16(23-9-10)27(2)17(24-13)26-18-25-12-6-5-11(8-15(12)30-18)29-19(20,21)22/h5-9H,3-4H2,1-2H3,(H,24,25,26). The quantitative estimate of drug-likeness (QED) is 0.419. The lowest BCUT2D eigenvalue weighted by Crippen LogP contribution is -2.16. The minimum absolute atomic E-state index is 0.00937. The van der Waals surface area contributed by atoms with E-state index in [1.54, 1.807) is 17.7 Å². The molecular formula is C19H16F3N5O2S. The molecule has 30 heavy (non-hydrogen) atoms. The average Bonchev–Trinajstić information content (AvgIpc) is 3.20. The fourth-order valence-electron chi connectivity index (χ4n) is 2.96. The number of pyridine rings is 1. The van der Waals surface area contributed by atoms with Crippen LogP contribution in [0.15, 0.2) is 30.5 Å². The van der Waals surface area contributed by atoms with E-state index in [1.165, 1.54) is 35.7 Å². The number of hydrogen-bond acceptors (Lipinski definition) is 7. The largest absolute Gasteiger partial charge is 0.573 e. The van der Waals surface area contributed by atoms with E-state index in [9.17, 15) is 18.0 Å². The highest BCUT2D eigenvalue weighted by atomic mass is 32.1. The molecule has 0 aliphatic carbocycles. The first-order valence-electron chi connectivity index (χ1n) is 9.02. The maximum Gasteiger partial charge on any atom is 0.573 e. The smallest absolute Gasteiger partial charge is 0.406 e. The summed E-state index contributed by atoms with van der Waals surface area (Å²) in [5.41, 5.74) is 2.18. The number of aryl methyl sites for hydroxylation is 1. The van der Waals surface area contributed by atoms with Crippen molar-refractivity contribution in [3.05, 3.63) is 36.0 Å². The van der Waals surface area contributed by atoms with Crippen LogP contribution in [0.25, 0.3) is 21.4 Å². The van der Waals surface area contributed by atoms with Gasteiger partial charge >= 0.3 is 6.36 Å². The summed E-state index contributed by atoms with van der Waals surface area (Å²) in [4.78, 5) is 25.3. The Kier molecular flexibility index (Phi) is 5.06. The van der Waals surface area contributed by atoms with Gasteiger partial charge in [0, 0.05) is 31.3 Å². The van der Waals surface area contributed by atoms with E-state index in [0.717, 1.165) is 6.42 Å². The number of alkyl halides is 3. The van der Waals surface area contributed by atoms with Crippen molar-refractivity contribution in [2.45, 2.75) is 26.1 Å². The lowest BCUT2D eigenvalue weighted by molar-refractivity contribution is -0.274. The predicted molar refractivity (Wildman–Crippen MR) is 107 cm³/mol. The van der Waals surface area contributed by atoms with Crippen molar-refractivity contribution in [2.75, 3.05) is 5.32 Å². The van der Waals surface area contributed by atoms with Crippen molar-refractivity contribution in [3.8, 4) is 5.75 Å². The first kappa shape index (κ1) is 20.1. The third-order valence-electron chi connectivity index (χ3n) is 4.32. The van der Waals surface area contributed by atoms with Gasteiger partial charge in [-0.3, -0.25) is 9.36 Å². The molecule has 4 aromatic rings. The van der Waals surface area contributed by atoms with E-state index in [0.29, 0.717) is 44.4 Å². The van der Waals surface area contributed by atoms with Gasteiger partial charge in [-0.05, 0) is 24.6 Å². The lowest BCUT2D eigenvalue weighted by atomic mass is 10.1. The number of benzene rings is 1. The molecule has 0 atom stereocenters. The molecule has 3 heterocycles. The number of nitrogens with one attached hydrogen (secondary N) is 1. The number of ether oxygens (including phenoxy) is 1. The SMILES string of the molecule is CCCC(=O)c1cnc2c(c1)nc(Nc1nc3ccc(OC(F)(F)F)cc3s1)n2C. The molecule has 0 fully saturated rings. The summed E-state index contributed by atoms with van der Waals surface area (Å²) in [6.45, 7) is 1.93. The summed E-state index contributed by atoms with van der Waals surface area (Å²) in [5, 5.41) is 3.52. The van der Waals surface area contributed by atoms with Crippen LogP contribution in [-0.4, -0.2) is 31.7 Å². The average molecular weight is 435 g/mol. The maximum absolute atomic E-state index is 12.4. The molecule has 0 radical (unpaired) electrons. The van der Waals surface area contributed by atoms with Gasteiger partial charge in [0.2, 0.25) is 5.95 Å². The number of thiazole rings is 1. The lowest BCUT2D eigenvalue weighted by Gasteiger charge is -2.07. The second kappa shape index (κ2) is 7.56. The zero-order chi connectivity index (χ0) is 21.5. The van der Waals surface area contributed by atoms with Gasteiger partial charge in [-0.1, -0.05) is 18.3 Å². The van der Waals surface area contributed by atoms with Gasteiger partial charge < -0.3 is 10.1 Å². The van der Waals surface area contributed by atoms with Gasteiger partial charge in [0.15, 0.2) is 16.6 Å². The molecule has 1 aromatic carbocycles. The molecule has 156 valence electrons. The second-order valence-corrected chi connectivity index (χ2v) is 7.59. The molecule has 4 rings (SSSR count). The van der Waals surface area contributed by atoms with E-state index in [1.807, 2.05) is 6.92 Å². The number of carbonyl (C=O) groups is 1. The highest BCUT2D eigenvalue weighted by molar-refractivity contribution is 7.22. The number of rotatable bonds is 6. The van der Waals surface area contributed by atoms with Crippen molar-refractivity contribution < 1.29 is 22.7 Å². The molecule has 1 N–H and O–H groups in total. The summed E-state index contributed by atoms with van der Waals surface area (Å²) >= 11 is 1.17. The van der Waals surface area contributed by atoms with Crippen LogP contribution in [-0.2, 0) is 7.05 Å². The van der Waals surface area contributed by atoms with Gasteiger partial charge in [-0.2, -0.15) is 0 Å². The number of ketones is 1. The van der Waals surface area contributed by atoms with E-state index in [-0.39, 0.29) is 11.5 Å². The van der Waals surface area contributed by atoms with E-state index in [4.69, 9.17) is 0 Å². The van der Waals surface area contributed by atoms with Crippen LogP contribution >= 0.6 is 11.3 Å². The number of hydrogen-bond donors (Lipinski definition) is 1. The fraction of sp³-hybridized carbons (Fsp3) is 0.263. The first-order valence-corrected chi connectivity index (χ1v) is 9.84. The van der Waals surface area contributed by atoms with Crippen LogP contribution in [0.5, 0.6) is 5.75 Å². The van der Waals surface area contributed by atoms with Crippen LogP contribution in [0.2, 0.25) is 0 Å². The molecule has 3 aromatic heterocycles. The Morgan fingerprint density at radius 1 is 1.23 bits per heavy atom. The molecule has 0 aliphatic rings. The van der Waals surface area contributed by atoms with Crippen molar-refractivity contribution in [1.29, 1.82) is 0 Å². The Hall–Kier alpha value is -3.21. The number of fused-ring (bicyclic) bond motifs is 2. The summed E-state index contributed by atoms with van der Waals surface area (Å²) in [5.74, 6) is 0.153. The summed E-state index contributed by atoms with van der Waals surface area (Å²) < 4.78 is 43.4. The first-order chi connectivity index (χ1) is 14.2. The van der Waals surface area contributed by atoms with Crippen LogP contribution in [0.1, 0.15) is 30.1 Å². The topological polar surface area (TPSA) is 81.9 Å². The highest BCUT2D eigenvalue weighted by Crippen LogP contribution is 2.33. The Morgan fingerprint density at radius 2 is 2.03 bits per heavy atom. The second-order valence-electron chi connectivity index (χ2n) is 6.56. The van der Waals surface area contributed by atoms with Gasteiger partial charge in [-0.15, -0.1) is 13.2 Å². The summed E-state index contributed by atoms with van der Waals surface area (Å²) in [6.07, 6.45) is -2.03. The molecule has 0 aliphatic heterocycles. The number of imidazole rings is 1. The maximum atomic E-state index is 12.4. The Morgan fingerprint density at radius 3 is 2.77 bits per heavy atom. The molecule has 0 saturated heterocycles. The number of nitrogens with zero attached hydrogens (tertiary/aromatic N) is 4. The van der Waals surface area contributed by atoms with Gasteiger partial charge in [0.05, 0.1) is 10.2 Å². The van der Waals surface area contributed by atoms with E-state index in [2.05, 4.69) is 25.0 Å². The van der Waals surface area contributed by atoms with Crippen molar-refractivity contribution >= 4 is 49.6 Å². The fourth-order valence-corrected chi connectivity index (χ4v) is 3.85. The van der Waals surface area contributed by atoms with E-state index >= 15 is 0 Å². The minimum Gasteiger partial charge on any atom is -0.406 e. The van der Waals surface area contributed by atoms with Gasteiger partial charge in [0.1, 0.15) is 11.3 Å². The van der Waals surface area contributed by atoms with Crippen molar-refractivity contribution in [3.63, 3.8) is 0 Å². The Bertz CT molecular complexity index is 1250. The number of aromatic nitrogens is 4. The zero-order valence-electron chi connectivity index (χ0n) is 15.9. The Balaban J connectivity index is 1.62. The number of anilines is 2. The van der Waals surface area contributed by atoms with E-state index < -0.39 is 6.36 Å². The highest BCUT2D eigenvalue weighted by Gasteiger charge is 2.31. The number of Topliss-reactive ketones (excluding diaryl/α,β-unsaturated/α-hetero) is 1. The third kappa shape index (κ3) is 4.06. The molecule has 7 nitrogen and oxygen atoms in total. The molecule has 0 amide bonds. The summed E-state index contributed by atoms with van der Waals surface area (Å²) in [6, 6.07) is 5.66. The minimum atomic E-state index is -4.75. The molecule has 0 bridgehead atoms. The predicted octanol–water partition coefficient (Wildman–Crippen LogP) is 5.20. The third-order valence-corrected chi connectivity index (χ3v) is 5.25. The molecule has 0 unspecified atom stereocenters. The van der Waals surface area contributed by atoms with Crippen LogP contribution < -0.4 is 10.1 Å². The number of carbonyl (C=O) groups excluding carboxylic acids is 1. The monoisotopic (exact) mass is 435 g/mol. The number of halogens is 3. The van der Waals surface area contributed by atoms with Crippen molar-refractivity contribution in [1.82, 2.24) is 19.5 Å². The molecule has 0 spiro atoms.